The molecule has 2 atom stereocenters. The fourth-order valence-corrected chi connectivity index (χ4v) is 2.24. The van der Waals surface area contributed by atoms with Gasteiger partial charge in [-0.15, -0.1) is 0 Å². The third-order valence-electron chi connectivity index (χ3n) is 2.63. The van der Waals surface area contributed by atoms with E-state index in [1.54, 1.807) is 0 Å². The van der Waals surface area contributed by atoms with Crippen LogP contribution in [0.1, 0.15) is 33.6 Å². The Labute approximate surface area is 74.1 Å². The molecule has 1 saturated carbocycles. The Kier molecular flexibility index (Phi) is 2.23. The van der Waals surface area contributed by atoms with E-state index in [-0.39, 0.29) is 11.3 Å². The molecule has 1 fully saturated rings. The van der Waals surface area contributed by atoms with E-state index in [0.29, 0.717) is 11.6 Å². The molecule has 66 valence electrons. The van der Waals surface area contributed by atoms with E-state index in [1.165, 1.54) is 0 Å². The van der Waals surface area contributed by atoms with Crippen LogP contribution >= 0.6 is 0 Å². The maximum absolute atomic E-state index is 8.81. The van der Waals surface area contributed by atoms with Crippen molar-refractivity contribution in [3.8, 4) is 6.07 Å². The number of nitrogens with one attached hydrogen (secondary N) is 1. The summed E-state index contributed by atoms with van der Waals surface area (Å²) in [4.78, 5) is 0. The molecule has 0 aromatic carbocycles. The van der Waals surface area contributed by atoms with Crippen LogP contribution in [-0.2, 0) is 0 Å². The molecule has 0 aromatic rings. The number of nitriles is 1. The largest absolute Gasteiger partial charge is 0.308 e. The summed E-state index contributed by atoms with van der Waals surface area (Å²) in [7, 11) is 0. The zero-order valence-corrected chi connectivity index (χ0v) is 8.02. The summed E-state index contributed by atoms with van der Waals surface area (Å²) in [5.41, 5.74) is 0.852. The van der Waals surface area contributed by atoms with Gasteiger partial charge in [0.1, 0.15) is 0 Å². The van der Waals surface area contributed by atoms with Crippen LogP contribution in [0.15, 0.2) is 0 Å². The molecule has 0 saturated heterocycles. The summed E-state index contributed by atoms with van der Waals surface area (Å²) in [5.74, 6) is 0.226. The van der Waals surface area contributed by atoms with E-state index in [1.807, 2.05) is 0 Å². The number of hydrogen-bond acceptors (Lipinski definition) is 2. The predicted molar refractivity (Wildman–Crippen MR) is 49.0 cm³/mol. The molecule has 2 nitrogen and oxygen atoms in total. The molecule has 0 amide bonds. The SMILES string of the molecule is CC1CC(C)(C)CC(=N)C1C#N. The van der Waals surface area contributed by atoms with Gasteiger partial charge in [-0.25, -0.2) is 0 Å². The molecular formula is C10H16N2. The maximum atomic E-state index is 8.81. The highest BCUT2D eigenvalue weighted by atomic mass is 14.5. The van der Waals surface area contributed by atoms with Crippen molar-refractivity contribution >= 4 is 5.71 Å². The highest BCUT2D eigenvalue weighted by Gasteiger charge is 2.35. The van der Waals surface area contributed by atoms with Crippen LogP contribution in [0.4, 0.5) is 0 Å². The number of hydrogen-bond donors (Lipinski definition) is 1. The van der Waals surface area contributed by atoms with E-state index >= 15 is 0 Å². The van der Waals surface area contributed by atoms with Gasteiger partial charge in [-0.2, -0.15) is 5.26 Å². The Morgan fingerprint density at radius 1 is 1.58 bits per heavy atom. The van der Waals surface area contributed by atoms with Gasteiger partial charge in [0.05, 0.1) is 12.0 Å². The van der Waals surface area contributed by atoms with Crippen molar-refractivity contribution < 1.29 is 0 Å². The van der Waals surface area contributed by atoms with Gasteiger partial charge in [0.2, 0.25) is 0 Å². The van der Waals surface area contributed by atoms with Crippen molar-refractivity contribution in [1.29, 1.82) is 10.7 Å². The van der Waals surface area contributed by atoms with Crippen LogP contribution < -0.4 is 0 Å². The molecule has 2 heteroatoms. The first-order chi connectivity index (χ1) is 5.46. The van der Waals surface area contributed by atoms with Gasteiger partial charge >= 0.3 is 0 Å². The third-order valence-corrected chi connectivity index (χ3v) is 2.63. The van der Waals surface area contributed by atoms with Gasteiger partial charge in [0.25, 0.3) is 0 Å². The molecule has 0 radical (unpaired) electrons. The lowest BCUT2D eigenvalue weighted by Gasteiger charge is -2.36. The predicted octanol–water partition coefficient (Wildman–Crippen LogP) is 2.60. The molecule has 1 rings (SSSR count). The average molecular weight is 164 g/mol. The minimum Gasteiger partial charge on any atom is -0.308 e. The van der Waals surface area contributed by atoms with E-state index in [4.69, 9.17) is 10.7 Å². The molecule has 0 aromatic heterocycles. The van der Waals surface area contributed by atoms with Crippen LogP contribution in [0.5, 0.6) is 0 Å². The first-order valence-corrected chi connectivity index (χ1v) is 4.43. The molecule has 0 aliphatic heterocycles. The molecular weight excluding hydrogens is 148 g/mol. The zero-order chi connectivity index (χ0) is 9.35. The van der Waals surface area contributed by atoms with Crippen LogP contribution in [0.2, 0.25) is 0 Å². The van der Waals surface area contributed by atoms with E-state index in [2.05, 4.69) is 26.8 Å². The standard InChI is InChI=1S/C10H16N2/c1-7-4-10(2,3)5-9(12)8(7)6-11/h7-8,12H,4-5H2,1-3H3. The minimum absolute atomic E-state index is 0.127. The lowest BCUT2D eigenvalue weighted by atomic mass is 9.67. The molecule has 0 spiro atoms. The molecule has 0 heterocycles. The van der Waals surface area contributed by atoms with Crippen molar-refractivity contribution in [2.75, 3.05) is 0 Å². The van der Waals surface area contributed by atoms with Crippen molar-refractivity contribution in [3.63, 3.8) is 0 Å². The van der Waals surface area contributed by atoms with Gasteiger partial charge in [0, 0.05) is 5.71 Å². The number of rotatable bonds is 0. The van der Waals surface area contributed by atoms with Crippen molar-refractivity contribution in [3.05, 3.63) is 0 Å². The Bertz CT molecular complexity index is 235. The average Bonchev–Trinajstić information content (AvgIpc) is 1.82. The van der Waals surface area contributed by atoms with Gasteiger partial charge < -0.3 is 5.41 Å². The Balaban J connectivity index is 2.79. The summed E-state index contributed by atoms with van der Waals surface area (Å²) >= 11 is 0. The quantitative estimate of drug-likeness (QED) is 0.587. The Morgan fingerprint density at radius 2 is 2.17 bits per heavy atom. The summed E-state index contributed by atoms with van der Waals surface area (Å²) < 4.78 is 0. The lowest BCUT2D eigenvalue weighted by Crippen LogP contribution is -2.34. The third kappa shape index (κ3) is 1.66. The fourth-order valence-electron chi connectivity index (χ4n) is 2.24. The fraction of sp³-hybridized carbons (Fsp3) is 0.800. The normalized spacial score (nSPS) is 34.3. The smallest absolute Gasteiger partial charge is 0.0864 e. The Hall–Kier alpha value is -0.840. The second-order valence-electron chi connectivity index (χ2n) is 4.65. The van der Waals surface area contributed by atoms with E-state index in [9.17, 15) is 0 Å². The summed E-state index contributed by atoms with van der Waals surface area (Å²) in [6.45, 7) is 6.42. The van der Waals surface area contributed by atoms with Gasteiger partial charge in [-0.1, -0.05) is 20.8 Å². The first kappa shape index (κ1) is 9.25. The highest BCUT2D eigenvalue weighted by molar-refractivity contribution is 5.87. The lowest BCUT2D eigenvalue weighted by molar-refractivity contribution is 0.242. The molecule has 0 bridgehead atoms. The maximum Gasteiger partial charge on any atom is 0.0864 e. The van der Waals surface area contributed by atoms with Crippen molar-refractivity contribution in [1.82, 2.24) is 0 Å². The minimum atomic E-state index is -0.127. The second kappa shape index (κ2) is 2.90. The second-order valence-corrected chi connectivity index (χ2v) is 4.65. The van der Waals surface area contributed by atoms with E-state index in [0.717, 1.165) is 12.8 Å². The zero-order valence-electron chi connectivity index (χ0n) is 8.02. The van der Waals surface area contributed by atoms with Gasteiger partial charge in [0.15, 0.2) is 0 Å². The molecule has 2 unspecified atom stereocenters. The van der Waals surface area contributed by atoms with Crippen molar-refractivity contribution in [2.45, 2.75) is 33.6 Å². The summed E-state index contributed by atoms with van der Waals surface area (Å²) in [5, 5.41) is 16.5. The Morgan fingerprint density at radius 3 is 2.58 bits per heavy atom. The molecule has 12 heavy (non-hydrogen) atoms. The molecule has 1 aliphatic carbocycles. The highest BCUT2D eigenvalue weighted by Crippen LogP contribution is 2.39. The van der Waals surface area contributed by atoms with E-state index < -0.39 is 0 Å². The van der Waals surface area contributed by atoms with Gasteiger partial charge in [-0.05, 0) is 24.2 Å². The van der Waals surface area contributed by atoms with Crippen LogP contribution in [0, 0.1) is 34.0 Å². The number of nitrogens with zero attached hydrogens (tertiary/aromatic N) is 1. The van der Waals surface area contributed by atoms with Gasteiger partial charge in [-0.3, -0.25) is 0 Å². The summed E-state index contributed by atoms with van der Waals surface area (Å²) in [6, 6.07) is 2.22. The van der Waals surface area contributed by atoms with Crippen LogP contribution in [0.3, 0.4) is 0 Å². The molecule has 1 aliphatic rings. The molecule has 1 N–H and O–H groups in total. The monoisotopic (exact) mass is 164 g/mol. The topological polar surface area (TPSA) is 47.6 Å². The van der Waals surface area contributed by atoms with Crippen LogP contribution in [0.25, 0.3) is 0 Å². The van der Waals surface area contributed by atoms with Crippen LogP contribution in [-0.4, -0.2) is 5.71 Å². The van der Waals surface area contributed by atoms with Crippen molar-refractivity contribution in [2.24, 2.45) is 17.3 Å². The first-order valence-electron chi connectivity index (χ1n) is 4.43. The summed E-state index contributed by atoms with van der Waals surface area (Å²) in [6.07, 6.45) is 1.85.